The SMILES string of the molecule is COc1cc(N2CCC(N3CCN(C)CC3)CC2)ccc1Nc1nc(Nc2ccccc2F)c2ccccc2n1. The number of piperidine rings is 1. The molecule has 9 heteroatoms. The summed E-state index contributed by atoms with van der Waals surface area (Å²) in [6, 6.07) is 21.1. The zero-order valence-electron chi connectivity index (χ0n) is 23.1. The number of methoxy groups -OCH3 is 1. The van der Waals surface area contributed by atoms with Gasteiger partial charge in [-0.05, 0) is 56.3 Å². The van der Waals surface area contributed by atoms with E-state index in [1.54, 1.807) is 25.3 Å². The molecule has 2 aliphatic rings. The number of nitrogens with zero attached hydrogens (tertiary/aromatic N) is 5. The minimum absolute atomic E-state index is 0.343. The van der Waals surface area contributed by atoms with Gasteiger partial charge in [0.1, 0.15) is 17.4 Å². The molecule has 1 aromatic heterocycles. The van der Waals surface area contributed by atoms with E-state index in [1.807, 2.05) is 30.3 Å². The number of hydrogen-bond donors (Lipinski definition) is 2. The maximum atomic E-state index is 14.4. The van der Waals surface area contributed by atoms with Gasteiger partial charge >= 0.3 is 0 Å². The van der Waals surface area contributed by atoms with Crippen molar-refractivity contribution in [2.45, 2.75) is 18.9 Å². The third-order valence-electron chi connectivity index (χ3n) is 8.05. The first-order valence-electron chi connectivity index (χ1n) is 14.0. The van der Waals surface area contributed by atoms with Crippen LogP contribution in [0.25, 0.3) is 10.9 Å². The van der Waals surface area contributed by atoms with Crippen LogP contribution in [0.2, 0.25) is 0 Å². The quantitative estimate of drug-likeness (QED) is 0.319. The molecule has 3 heterocycles. The minimum atomic E-state index is -0.343. The molecular weight excluding hydrogens is 505 g/mol. The van der Waals surface area contributed by atoms with Crippen molar-refractivity contribution in [2.75, 3.05) is 69.0 Å². The molecule has 0 amide bonds. The van der Waals surface area contributed by atoms with E-state index < -0.39 is 0 Å². The number of anilines is 5. The summed E-state index contributed by atoms with van der Waals surface area (Å²) in [6.45, 7) is 6.73. The van der Waals surface area contributed by atoms with Crippen LogP contribution >= 0.6 is 0 Å². The molecule has 6 rings (SSSR count). The van der Waals surface area contributed by atoms with Gasteiger partial charge in [-0.25, -0.2) is 9.37 Å². The van der Waals surface area contributed by atoms with Gasteiger partial charge in [-0.2, -0.15) is 4.98 Å². The van der Waals surface area contributed by atoms with Crippen LogP contribution in [0, 0.1) is 5.82 Å². The molecule has 0 radical (unpaired) electrons. The Bertz CT molecular complexity index is 1470. The zero-order valence-corrected chi connectivity index (χ0v) is 23.1. The number of ether oxygens (including phenoxy) is 1. The van der Waals surface area contributed by atoms with Crippen molar-refractivity contribution >= 4 is 39.7 Å². The molecule has 2 saturated heterocycles. The summed E-state index contributed by atoms with van der Waals surface area (Å²) in [5.41, 5.74) is 3.03. The van der Waals surface area contributed by atoms with E-state index in [0.29, 0.717) is 23.5 Å². The first kappa shape index (κ1) is 26.3. The third kappa shape index (κ3) is 5.66. The summed E-state index contributed by atoms with van der Waals surface area (Å²) in [7, 11) is 3.88. The Morgan fingerprint density at radius 1 is 0.825 bits per heavy atom. The van der Waals surface area contributed by atoms with Crippen molar-refractivity contribution in [3.05, 3.63) is 72.5 Å². The summed E-state index contributed by atoms with van der Waals surface area (Å²) in [5, 5.41) is 7.28. The lowest BCUT2D eigenvalue weighted by molar-refractivity contribution is 0.0982. The maximum Gasteiger partial charge on any atom is 0.229 e. The molecule has 8 nitrogen and oxygen atoms in total. The normalized spacial score (nSPS) is 17.2. The number of hydrogen-bond acceptors (Lipinski definition) is 8. The Kier molecular flexibility index (Phi) is 7.66. The molecule has 208 valence electrons. The van der Waals surface area contributed by atoms with E-state index in [2.05, 4.69) is 44.5 Å². The molecule has 0 spiro atoms. The standard InChI is InChI=1S/C31H36FN7O/c1-37-17-19-39(20-18-37)22-13-15-38(16-14-22)23-11-12-28(29(21-23)40-2)35-31-34-26-9-5-3-7-24(26)30(36-31)33-27-10-6-4-8-25(27)32/h3-12,21-22H,13-20H2,1-2H3,(H2,33,34,35,36). The second-order valence-corrected chi connectivity index (χ2v) is 10.6. The number of para-hydroxylation sites is 2. The number of benzene rings is 3. The van der Waals surface area contributed by atoms with Gasteiger partial charge in [0, 0.05) is 62.5 Å². The van der Waals surface area contributed by atoms with Gasteiger partial charge < -0.3 is 25.2 Å². The predicted molar refractivity (Wildman–Crippen MR) is 160 cm³/mol. The lowest BCUT2D eigenvalue weighted by atomic mass is 10.0. The number of likely N-dealkylation sites (N-methyl/N-ethyl adjacent to an activating group) is 1. The van der Waals surface area contributed by atoms with Crippen molar-refractivity contribution in [2.24, 2.45) is 0 Å². The van der Waals surface area contributed by atoms with Crippen LogP contribution in [0.4, 0.5) is 33.2 Å². The second kappa shape index (κ2) is 11.7. The average molecular weight is 542 g/mol. The molecular formula is C31H36FN7O. The molecule has 40 heavy (non-hydrogen) atoms. The third-order valence-corrected chi connectivity index (χ3v) is 8.05. The molecule has 3 aromatic carbocycles. The second-order valence-electron chi connectivity index (χ2n) is 10.6. The average Bonchev–Trinajstić information content (AvgIpc) is 2.99. The van der Waals surface area contributed by atoms with E-state index in [-0.39, 0.29) is 5.82 Å². The highest BCUT2D eigenvalue weighted by Gasteiger charge is 2.27. The lowest BCUT2D eigenvalue weighted by Crippen LogP contribution is -2.52. The summed E-state index contributed by atoms with van der Waals surface area (Å²) < 4.78 is 20.2. The fourth-order valence-corrected chi connectivity index (χ4v) is 5.69. The van der Waals surface area contributed by atoms with Crippen molar-refractivity contribution in [1.82, 2.24) is 19.8 Å². The molecule has 0 bridgehead atoms. The van der Waals surface area contributed by atoms with Crippen LogP contribution in [0.1, 0.15) is 12.8 Å². The van der Waals surface area contributed by atoms with Crippen LogP contribution in [0.3, 0.4) is 0 Å². The molecule has 2 N–H and O–H groups in total. The summed E-state index contributed by atoms with van der Waals surface area (Å²) >= 11 is 0. The number of nitrogens with one attached hydrogen (secondary N) is 2. The number of fused-ring (bicyclic) bond motifs is 1. The minimum Gasteiger partial charge on any atom is -0.494 e. The van der Waals surface area contributed by atoms with E-state index in [1.165, 1.54) is 32.0 Å². The monoisotopic (exact) mass is 541 g/mol. The van der Waals surface area contributed by atoms with E-state index in [0.717, 1.165) is 54.2 Å². The summed E-state index contributed by atoms with van der Waals surface area (Å²) in [5.74, 6) is 1.30. The van der Waals surface area contributed by atoms with Crippen molar-refractivity contribution in [1.29, 1.82) is 0 Å². The molecule has 0 atom stereocenters. The summed E-state index contributed by atoms with van der Waals surface area (Å²) in [6.07, 6.45) is 2.35. The van der Waals surface area contributed by atoms with Gasteiger partial charge in [0.15, 0.2) is 0 Å². The molecule has 0 aliphatic carbocycles. The molecule has 0 unspecified atom stereocenters. The molecule has 4 aromatic rings. The molecule has 0 saturated carbocycles. The summed E-state index contributed by atoms with van der Waals surface area (Å²) in [4.78, 5) is 16.9. The van der Waals surface area contributed by atoms with E-state index in [9.17, 15) is 4.39 Å². The van der Waals surface area contributed by atoms with Gasteiger partial charge in [0.2, 0.25) is 5.95 Å². The van der Waals surface area contributed by atoms with E-state index in [4.69, 9.17) is 14.7 Å². The fourth-order valence-electron chi connectivity index (χ4n) is 5.69. The van der Waals surface area contributed by atoms with Gasteiger partial charge in [-0.1, -0.05) is 24.3 Å². The van der Waals surface area contributed by atoms with Crippen LogP contribution in [-0.4, -0.2) is 79.2 Å². The topological polar surface area (TPSA) is 68.8 Å². The van der Waals surface area contributed by atoms with Gasteiger partial charge in [0.25, 0.3) is 0 Å². The van der Waals surface area contributed by atoms with Gasteiger partial charge in [-0.3, -0.25) is 4.90 Å². The highest BCUT2D eigenvalue weighted by Crippen LogP contribution is 2.34. The highest BCUT2D eigenvalue weighted by atomic mass is 19.1. The Morgan fingerprint density at radius 3 is 2.35 bits per heavy atom. The van der Waals surface area contributed by atoms with Crippen LogP contribution < -0.4 is 20.3 Å². The van der Waals surface area contributed by atoms with Crippen molar-refractivity contribution < 1.29 is 9.13 Å². The molecule has 2 aliphatic heterocycles. The van der Waals surface area contributed by atoms with Crippen molar-refractivity contribution in [3.63, 3.8) is 0 Å². The van der Waals surface area contributed by atoms with E-state index >= 15 is 0 Å². The maximum absolute atomic E-state index is 14.4. The van der Waals surface area contributed by atoms with Gasteiger partial charge in [0.05, 0.1) is 24.0 Å². The Morgan fingerprint density at radius 2 is 1.57 bits per heavy atom. The number of halogens is 1. The van der Waals surface area contributed by atoms with Gasteiger partial charge in [-0.15, -0.1) is 0 Å². The Labute approximate surface area is 234 Å². The highest BCUT2D eigenvalue weighted by molar-refractivity contribution is 5.92. The zero-order chi connectivity index (χ0) is 27.5. The number of aromatic nitrogens is 2. The smallest absolute Gasteiger partial charge is 0.229 e. The number of rotatable bonds is 7. The first-order chi connectivity index (χ1) is 19.6. The predicted octanol–water partition coefficient (Wildman–Crippen LogP) is 5.48. The largest absolute Gasteiger partial charge is 0.494 e. The van der Waals surface area contributed by atoms with Crippen molar-refractivity contribution in [3.8, 4) is 5.75 Å². The Balaban J connectivity index is 1.19. The van der Waals surface area contributed by atoms with Crippen LogP contribution in [0.5, 0.6) is 5.75 Å². The lowest BCUT2D eigenvalue weighted by Gasteiger charge is -2.42. The first-order valence-corrected chi connectivity index (χ1v) is 14.0. The van der Waals surface area contributed by atoms with Crippen LogP contribution in [-0.2, 0) is 0 Å². The molecule has 2 fully saturated rings. The number of piperazine rings is 1. The van der Waals surface area contributed by atoms with Crippen LogP contribution in [0.15, 0.2) is 66.7 Å². The Hall–Kier alpha value is -3.95. The fraction of sp³-hybridized carbons (Fsp3) is 0.355.